The van der Waals surface area contributed by atoms with E-state index >= 15 is 0 Å². The molecule has 0 amide bonds. The molecule has 0 spiro atoms. The lowest BCUT2D eigenvalue weighted by Crippen LogP contribution is -2.68. The van der Waals surface area contributed by atoms with Crippen LogP contribution in [0, 0.1) is 17.2 Å². The second-order valence-corrected chi connectivity index (χ2v) is 7.57. The molecule has 5 rings (SSSR count). The molecule has 0 saturated carbocycles. The van der Waals surface area contributed by atoms with E-state index in [0.29, 0.717) is 0 Å². The lowest BCUT2D eigenvalue weighted by Gasteiger charge is -2.18. The number of pyridine rings is 1. The molecular formula is C21H18ClNO4. The van der Waals surface area contributed by atoms with Gasteiger partial charge in [-0.2, -0.15) is 4.57 Å². The van der Waals surface area contributed by atoms with E-state index in [-0.39, 0.29) is 0 Å². The van der Waals surface area contributed by atoms with E-state index in [1.807, 2.05) is 0 Å². The molecule has 138 valence electrons. The fourth-order valence-electron chi connectivity index (χ4n) is 4.14. The van der Waals surface area contributed by atoms with Crippen LogP contribution in [-0.4, -0.2) is 0 Å². The Balaban J connectivity index is 0.000000323. The number of nitrogens with zero attached hydrogens (tertiary/aromatic N) is 1. The van der Waals surface area contributed by atoms with Crippen LogP contribution in [0.1, 0.15) is 22.3 Å². The second-order valence-electron chi connectivity index (χ2n) is 6.81. The summed E-state index contributed by atoms with van der Waals surface area (Å²) in [6.07, 6.45) is 2.21. The predicted octanol–water partition coefficient (Wildman–Crippen LogP) is -0.679. The van der Waals surface area contributed by atoms with Gasteiger partial charge in [-0.1, -0.05) is 36.4 Å². The smallest absolute Gasteiger partial charge is 0.217 e. The number of benzene rings is 2. The highest BCUT2D eigenvalue weighted by Crippen LogP contribution is 2.38. The third-order valence-corrected chi connectivity index (χ3v) is 5.21. The van der Waals surface area contributed by atoms with Gasteiger partial charge in [-0.05, 0) is 35.7 Å². The fourth-order valence-corrected chi connectivity index (χ4v) is 4.14. The van der Waals surface area contributed by atoms with Gasteiger partial charge in [0, 0.05) is 35.6 Å². The SMILES string of the molecule is Cc1cc2[n+](c3c1Cc1ccccc1-3)CCc1ccccc1-2.[O-][Cl+3]([O-])([O-])[O-]. The molecule has 5 nitrogen and oxygen atoms in total. The maximum atomic E-state index is 8.49. The summed E-state index contributed by atoms with van der Waals surface area (Å²) in [6.45, 7) is 3.35. The number of hydrogen-bond acceptors (Lipinski definition) is 4. The number of hydrogen-bond donors (Lipinski definition) is 0. The van der Waals surface area contributed by atoms with Gasteiger partial charge in [-0.3, -0.25) is 0 Å². The highest BCUT2D eigenvalue weighted by molar-refractivity contribution is 5.75. The van der Waals surface area contributed by atoms with Crippen molar-refractivity contribution < 1.29 is 33.4 Å². The van der Waals surface area contributed by atoms with Gasteiger partial charge < -0.3 is 0 Å². The Morgan fingerprint density at radius 1 is 0.852 bits per heavy atom. The zero-order valence-electron chi connectivity index (χ0n) is 14.8. The van der Waals surface area contributed by atoms with Crippen LogP contribution in [0.5, 0.6) is 0 Å². The van der Waals surface area contributed by atoms with Gasteiger partial charge in [0.1, 0.15) is 0 Å². The first-order chi connectivity index (χ1) is 12.8. The Bertz CT molecular complexity index is 1020. The minimum Gasteiger partial charge on any atom is -0.222 e. The average molecular weight is 384 g/mol. The third kappa shape index (κ3) is 3.48. The lowest BCUT2D eigenvalue weighted by atomic mass is 9.94. The van der Waals surface area contributed by atoms with Crippen LogP contribution >= 0.6 is 0 Å². The second kappa shape index (κ2) is 6.71. The van der Waals surface area contributed by atoms with Gasteiger partial charge in [0.05, 0.1) is 0 Å². The minimum atomic E-state index is -4.94. The lowest BCUT2D eigenvalue weighted by molar-refractivity contribution is -2.00. The molecule has 0 fully saturated rings. The normalized spacial score (nSPS) is 13.7. The van der Waals surface area contributed by atoms with E-state index in [1.165, 1.54) is 44.8 Å². The molecule has 0 saturated heterocycles. The zero-order chi connectivity index (χ0) is 19.2. The van der Waals surface area contributed by atoms with Crippen molar-refractivity contribution in [3.05, 3.63) is 76.9 Å². The van der Waals surface area contributed by atoms with Gasteiger partial charge in [-0.25, -0.2) is 18.6 Å². The first-order valence-electron chi connectivity index (χ1n) is 8.67. The maximum Gasteiger partial charge on any atom is 0.217 e. The van der Waals surface area contributed by atoms with Crippen LogP contribution in [0.3, 0.4) is 0 Å². The Kier molecular flexibility index (Phi) is 4.50. The summed E-state index contributed by atoms with van der Waals surface area (Å²) in [5, 5.41) is 0. The van der Waals surface area contributed by atoms with Gasteiger partial charge >= 0.3 is 0 Å². The monoisotopic (exact) mass is 383 g/mol. The van der Waals surface area contributed by atoms with Crippen molar-refractivity contribution in [2.45, 2.75) is 26.3 Å². The quantitative estimate of drug-likeness (QED) is 0.376. The molecule has 0 N–H and O–H groups in total. The zero-order valence-corrected chi connectivity index (χ0v) is 15.5. The summed E-state index contributed by atoms with van der Waals surface area (Å²) in [4.78, 5) is 0. The van der Waals surface area contributed by atoms with Crippen molar-refractivity contribution >= 4 is 0 Å². The molecule has 2 heterocycles. The number of halogens is 1. The first kappa shape index (κ1) is 18.1. The number of rotatable bonds is 0. The molecule has 3 aromatic rings. The molecule has 1 aliphatic heterocycles. The van der Waals surface area contributed by atoms with Crippen LogP contribution in [0.2, 0.25) is 0 Å². The van der Waals surface area contributed by atoms with E-state index in [2.05, 4.69) is 66.1 Å². The molecule has 27 heavy (non-hydrogen) atoms. The van der Waals surface area contributed by atoms with Crippen LogP contribution < -0.4 is 23.2 Å². The first-order valence-corrected chi connectivity index (χ1v) is 9.91. The summed E-state index contributed by atoms with van der Waals surface area (Å²) in [6, 6.07) is 20.1. The van der Waals surface area contributed by atoms with Crippen molar-refractivity contribution in [2.75, 3.05) is 0 Å². The highest BCUT2D eigenvalue weighted by atomic mass is 35.7. The Morgan fingerprint density at radius 3 is 2.15 bits per heavy atom. The third-order valence-electron chi connectivity index (χ3n) is 5.21. The van der Waals surface area contributed by atoms with Crippen LogP contribution in [0.15, 0.2) is 54.6 Å². The molecular weight excluding hydrogens is 366 g/mol. The molecule has 2 aromatic carbocycles. The molecule has 0 radical (unpaired) electrons. The van der Waals surface area contributed by atoms with E-state index in [1.54, 1.807) is 0 Å². The summed E-state index contributed by atoms with van der Waals surface area (Å²) in [5.74, 6) is 0. The van der Waals surface area contributed by atoms with Crippen molar-refractivity contribution in [1.29, 1.82) is 0 Å². The largest absolute Gasteiger partial charge is 0.222 e. The highest BCUT2D eigenvalue weighted by Gasteiger charge is 2.34. The van der Waals surface area contributed by atoms with Crippen LogP contribution in [0.25, 0.3) is 22.5 Å². The Hall–Kier alpha value is -2.28. The van der Waals surface area contributed by atoms with Crippen LogP contribution in [-0.2, 0) is 19.4 Å². The van der Waals surface area contributed by atoms with E-state index in [9.17, 15) is 0 Å². The van der Waals surface area contributed by atoms with Crippen LogP contribution in [0.4, 0.5) is 0 Å². The standard InChI is InChI=1S/C21H18N.ClHO4/c1-14-12-20-17-8-4-2-6-15(17)10-11-22(20)21-18-9-5-3-7-16(18)13-19(14)21;2-1(3,4)5/h2-9,12H,10-11,13H2,1H3;(H,2,3,4,5)/q+1;/p-1. The van der Waals surface area contributed by atoms with E-state index < -0.39 is 10.2 Å². The molecule has 0 atom stereocenters. The average Bonchev–Trinajstić information content (AvgIpc) is 3.01. The van der Waals surface area contributed by atoms with Crippen molar-refractivity contribution in [1.82, 2.24) is 0 Å². The van der Waals surface area contributed by atoms with Crippen molar-refractivity contribution in [3.63, 3.8) is 0 Å². The predicted molar refractivity (Wildman–Crippen MR) is 88.8 cm³/mol. The minimum absolute atomic E-state index is 1.08. The summed E-state index contributed by atoms with van der Waals surface area (Å²) < 4.78 is 36.5. The number of aromatic nitrogens is 1. The molecule has 0 bridgehead atoms. The van der Waals surface area contributed by atoms with Crippen molar-refractivity contribution in [2.24, 2.45) is 0 Å². The fraction of sp³-hybridized carbons (Fsp3) is 0.190. The van der Waals surface area contributed by atoms with Gasteiger partial charge in [0.2, 0.25) is 11.4 Å². The van der Waals surface area contributed by atoms with Gasteiger partial charge in [-0.15, -0.1) is 10.2 Å². The Labute approximate surface area is 159 Å². The van der Waals surface area contributed by atoms with Gasteiger partial charge in [0.25, 0.3) is 0 Å². The molecule has 6 heteroatoms. The maximum absolute atomic E-state index is 8.49. The summed E-state index contributed by atoms with van der Waals surface area (Å²) in [7, 11) is -4.94. The topological polar surface area (TPSA) is 96.1 Å². The summed E-state index contributed by atoms with van der Waals surface area (Å²) >= 11 is 0. The Morgan fingerprint density at radius 2 is 1.44 bits per heavy atom. The van der Waals surface area contributed by atoms with Gasteiger partial charge in [0.15, 0.2) is 6.54 Å². The number of fused-ring (bicyclic) bond motifs is 7. The molecule has 0 unspecified atom stereocenters. The molecule has 1 aliphatic carbocycles. The van der Waals surface area contributed by atoms with E-state index in [4.69, 9.17) is 18.6 Å². The summed E-state index contributed by atoms with van der Waals surface area (Å²) in [5.41, 5.74) is 11.6. The molecule has 1 aromatic heterocycles. The van der Waals surface area contributed by atoms with E-state index in [0.717, 1.165) is 19.4 Å². The number of aryl methyl sites for hydroxylation is 2. The molecule has 2 aliphatic rings. The van der Waals surface area contributed by atoms with Crippen molar-refractivity contribution in [3.8, 4) is 22.5 Å².